The first-order valence-electron chi connectivity index (χ1n) is 9.38. The van der Waals surface area contributed by atoms with Gasteiger partial charge in [0.1, 0.15) is 24.3 Å². The van der Waals surface area contributed by atoms with Crippen molar-refractivity contribution in [2.75, 3.05) is 13.1 Å². The van der Waals surface area contributed by atoms with E-state index >= 15 is 0 Å². The number of benzene rings is 1. The van der Waals surface area contributed by atoms with E-state index in [1.54, 1.807) is 17.2 Å². The second kappa shape index (κ2) is 8.34. The largest absolute Gasteiger partial charge is 0.334 e. The highest BCUT2D eigenvalue weighted by atomic mass is 19.1. The molecule has 4 rings (SSSR count). The second-order valence-electron chi connectivity index (χ2n) is 6.94. The zero-order valence-corrected chi connectivity index (χ0v) is 15.6. The van der Waals surface area contributed by atoms with Crippen molar-refractivity contribution in [3.8, 4) is 5.82 Å². The number of hydrogen-bond donors (Lipinski definition) is 1. The molecule has 1 aliphatic rings. The third kappa shape index (κ3) is 4.23. The van der Waals surface area contributed by atoms with Crippen molar-refractivity contribution >= 4 is 6.03 Å². The van der Waals surface area contributed by atoms with Crippen LogP contribution in [0.3, 0.4) is 0 Å². The second-order valence-corrected chi connectivity index (χ2v) is 6.94. The summed E-state index contributed by atoms with van der Waals surface area (Å²) in [6, 6.07) is 6.85. The van der Waals surface area contributed by atoms with E-state index in [-0.39, 0.29) is 18.5 Å². The molecule has 0 bridgehead atoms. The minimum Gasteiger partial charge on any atom is -0.334 e. The number of urea groups is 1. The van der Waals surface area contributed by atoms with Crippen LogP contribution in [0.15, 0.2) is 49.2 Å². The Morgan fingerprint density at radius 3 is 3.00 bits per heavy atom. The van der Waals surface area contributed by atoms with E-state index in [1.165, 1.54) is 23.4 Å². The molecule has 150 valence electrons. The first kappa shape index (κ1) is 19.0. The molecule has 1 aliphatic heterocycles. The maximum absolute atomic E-state index is 14.1. The van der Waals surface area contributed by atoms with E-state index in [2.05, 4.69) is 20.4 Å². The molecular formula is C20H20F2N6O. The fourth-order valence-electron chi connectivity index (χ4n) is 3.62. The van der Waals surface area contributed by atoms with Crippen molar-refractivity contribution in [3.63, 3.8) is 0 Å². The average molecular weight is 398 g/mol. The normalized spacial score (nSPS) is 16.6. The summed E-state index contributed by atoms with van der Waals surface area (Å²) in [5.41, 5.74) is 1.11. The Labute approximate surface area is 166 Å². The number of likely N-dealkylation sites (tertiary alicyclic amines) is 1. The van der Waals surface area contributed by atoms with Gasteiger partial charge in [-0.2, -0.15) is 5.10 Å². The number of amides is 2. The van der Waals surface area contributed by atoms with Gasteiger partial charge in [0.2, 0.25) is 0 Å². The number of carbonyl (C=O) groups is 1. The first-order chi connectivity index (χ1) is 14.1. The highest BCUT2D eigenvalue weighted by Crippen LogP contribution is 2.29. The van der Waals surface area contributed by atoms with Crippen LogP contribution in [-0.4, -0.2) is 43.8 Å². The quantitative estimate of drug-likeness (QED) is 0.733. The van der Waals surface area contributed by atoms with Crippen LogP contribution in [0.4, 0.5) is 13.6 Å². The summed E-state index contributed by atoms with van der Waals surface area (Å²) in [7, 11) is 0. The van der Waals surface area contributed by atoms with Crippen LogP contribution < -0.4 is 5.32 Å². The smallest absolute Gasteiger partial charge is 0.317 e. The summed E-state index contributed by atoms with van der Waals surface area (Å²) in [6.45, 7) is 1.18. The lowest BCUT2D eigenvalue weighted by atomic mass is 9.90. The zero-order valence-electron chi connectivity index (χ0n) is 15.6. The Kier molecular flexibility index (Phi) is 5.46. The molecule has 9 heteroatoms. The van der Waals surface area contributed by atoms with E-state index in [0.717, 1.165) is 24.1 Å². The highest BCUT2D eigenvalue weighted by molar-refractivity contribution is 5.74. The minimum absolute atomic E-state index is 0.227. The molecule has 29 heavy (non-hydrogen) atoms. The predicted octanol–water partition coefficient (Wildman–Crippen LogP) is 3.03. The summed E-state index contributed by atoms with van der Waals surface area (Å²) in [4.78, 5) is 22.5. The van der Waals surface area contributed by atoms with Gasteiger partial charge in [-0.05, 0) is 42.7 Å². The maximum atomic E-state index is 14.1. The number of hydrogen-bond acceptors (Lipinski definition) is 4. The summed E-state index contributed by atoms with van der Waals surface area (Å²) < 4.78 is 29.2. The number of nitrogens with one attached hydrogen (secondary N) is 1. The van der Waals surface area contributed by atoms with Crippen LogP contribution in [0.5, 0.6) is 0 Å². The third-order valence-corrected chi connectivity index (χ3v) is 5.04. The Balaban J connectivity index is 1.42. The molecule has 2 amide bonds. The number of aromatic nitrogens is 4. The Morgan fingerprint density at radius 2 is 2.17 bits per heavy atom. The third-order valence-electron chi connectivity index (χ3n) is 5.04. The molecule has 1 N–H and O–H groups in total. The van der Waals surface area contributed by atoms with Crippen molar-refractivity contribution in [3.05, 3.63) is 71.9 Å². The van der Waals surface area contributed by atoms with Gasteiger partial charge < -0.3 is 10.2 Å². The lowest BCUT2D eigenvalue weighted by Gasteiger charge is -2.33. The van der Waals surface area contributed by atoms with Crippen molar-refractivity contribution in [1.82, 2.24) is 30.0 Å². The van der Waals surface area contributed by atoms with Crippen molar-refractivity contribution < 1.29 is 13.6 Å². The van der Waals surface area contributed by atoms with Crippen LogP contribution >= 0.6 is 0 Å². The number of halogens is 2. The molecule has 0 unspecified atom stereocenters. The summed E-state index contributed by atoms with van der Waals surface area (Å²) in [6.07, 6.45) is 6.03. The minimum atomic E-state index is -0.472. The summed E-state index contributed by atoms with van der Waals surface area (Å²) in [5.74, 6) is -0.551. The van der Waals surface area contributed by atoms with E-state index in [9.17, 15) is 13.6 Å². The molecule has 1 atom stereocenters. The molecule has 3 aromatic rings. The van der Waals surface area contributed by atoms with Crippen LogP contribution in [0.25, 0.3) is 5.82 Å². The standard InChI is InChI=1S/C20H20F2N6O/c21-16-5-6-18(22)17(9-16)15-4-2-8-27(11-15)20(29)25-10-14-3-1-7-24-19(14)28-13-23-12-26-28/h1,3,5-7,9,12-13,15H,2,4,8,10-11H2,(H,25,29)/t15-/m0/s1. The molecule has 1 aromatic carbocycles. The van der Waals surface area contributed by atoms with Crippen molar-refractivity contribution in [2.45, 2.75) is 25.3 Å². The average Bonchev–Trinajstić information content (AvgIpc) is 3.29. The maximum Gasteiger partial charge on any atom is 0.317 e. The van der Waals surface area contributed by atoms with E-state index in [0.29, 0.717) is 30.9 Å². The first-order valence-corrected chi connectivity index (χ1v) is 9.38. The fourth-order valence-corrected chi connectivity index (χ4v) is 3.62. The number of piperidine rings is 1. The lowest BCUT2D eigenvalue weighted by molar-refractivity contribution is 0.178. The number of nitrogens with zero attached hydrogens (tertiary/aromatic N) is 5. The van der Waals surface area contributed by atoms with Gasteiger partial charge in [-0.15, -0.1) is 0 Å². The molecular weight excluding hydrogens is 378 g/mol. The van der Waals surface area contributed by atoms with Gasteiger partial charge in [0.05, 0.1) is 0 Å². The monoisotopic (exact) mass is 398 g/mol. The molecule has 1 fully saturated rings. The molecule has 0 saturated carbocycles. The summed E-state index contributed by atoms with van der Waals surface area (Å²) in [5, 5.41) is 6.96. The number of rotatable bonds is 4. The van der Waals surface area contributed by atoms with Gasteiger partial charge in [-0.1, -0.05) is 6.07 Å². The molecule has 0 aliphatic carbocycles. The molecule has 3 heterocycles. The SMILES string of the molecule is O=C(NCc1cccnc1-n1cncn1)N1CCC[C@H](c2cc(F)ccc2F)C1. The van der Waals surface area contributed by atoms with E-state index in [1.807, 2.05) is 6.07 Å². The topological polar surface area (TPSA) is 75.9 Å². The van der Waals surface area contributed by atoms with Crippen LogP contribution in [-0.2, 0) is 6.54 Å². The molecule has 0 spiro atoms. The molecule has 2 aromatic heterocycles. The number of pyridine rings is 1. The predicted molar refractivity (Wildman–Crippen MR) is 101 cm³/mol. The van der Waals surface area contributed by atoms with Gasteiger partial charge in [0.25, 0.3) is 0 Å². The van der Waals surface area contributed by atoms with Crippen LogP contribution in [0, 0.1) is 11.6 Å². The Hall–Kier alpha value is -3.36. The van der Waals surface area contributed by atoms with Gasteiger partial charge in [0.15, 0.2) is 5.82 Å². The van der Waals surface area contributed by atoms with Gasteiger partial charge in [-0.3, -0.25) is 0 Å². The van der Waals surface area contributed by atoms with Gasteiger partial charge in [-0.25, -0.2) is 28.2 Å². The fraction of sp³-hybridized carbons (Fsp3) is 0.300. The van der Waals surface area contributed by atoms with E-state index < -0.39 is 11.6 Å². The highest BCUT2D eigenvalue weighted by Gasteiger charge is 2.27. The zero-order chi connectivity index (χ0) is 20.2. The molecule has 7 nitrogen and oxygen atoms in total. The van der Waals surface area contributed by atoms with E-state index in [4.69, 9.17) is 0 Å². The molecule has 1 saturated heterocycles. The lowest BCUT2D eigenvalue weighted by Crippen LogP contribution is -2.44. The Morgan fingerprint density at radius 1 is 1.28 bits per heavy atom. The Bertz CT molecular complexity index is 994. The number of carbonyl (C=O) groups excluding carboxylic acids is 1. The van der Waals surface area contributed by atoms with Crippen molar-refractivity contribution in [2.24, 2.45) is 0 Å². The van der Waals surface area contributed by atoms with Crippen LogP contribution in [0.1, 0.15) is 29.9 Å². The van der Waals surface area contributed by atoms with Gasteiger partial charge >= 0.3 is 6.03 Å². The molecule has 0 radical (unpaired) electrons. The summed E-state index contributed by atoms with van der Waals surface area (Å²) >= 11 is 0. The van der Waals surface area contributed by atoms with Crippen molar-refractivity contribution in [1.29, 1.82) is 0 Å². The van der Waals surface area contributed by atoms with Crippen LogP contribution in [0.2, 0.25) is 0 Å². The van der Waals surface area contributed by atoms with Gasteiger partial charge in [0, 0.05) is 37.3 Å².